The molecule has 0 aromatic carbocycles. The van der Waals surface area contributed by atoms with E-state index in [0.717, 1.165) is 12.1 Å². The van der Waals surface area contributed by atoms with Gasteiger partial charge >= 0.3 is 0 Å². The molecule has 1 atom stereocenters. The first kappa shape index (κ1) is 6.60. The van der Waals surface area contributed by atoms with E-state index < -0.39 is 10.0 Å². The topological polar surface area (TPSA) is 46.5 Å². The second-order valence-corrected chi connectivity index (χ2v) is 5.22. The second kappa shape index (κ2) is 1.57. The molecule has 0 N–H and O–H groups in total. The van der Waals surface area contributed by atoms with Crippen LogP contribution >= 0.6 is 0 Å². The highest BCUT2D eigenvalue weighted by Crippen LogP contribution is 2.47. The maximum Gasteiger partial charge on any atom is 0.254 e. The third-order valence-corrected chi connectivity index (χ3v) is 4.00. The van der Waals surface area contributed by atoms with Crippen LogP contribution in [0.4, 0.5) is 0 Å². The van der Waals surface area contributed by atoms with E-state index in [4.69, 9.17) is 0 Å². The normalized spacial score (nSPS) is 39.7. The van der Waals surface area contributed by atoms with Crippen LogP contribution < -0.4 is 0 Å². The van der Waals surface area contributed by atoms with Crippen LogP contribution in [-0.4, -0.2) is 19.9 Å². The average Bonchev–Trinajstić information content (AvgIpc) is 2.46. The maximum absolute atomic E-state index is 11.2. The molecule has 2 aliphatic carbocycles. The van der Waals surface area contributed by atoms with Gasteiger partial charge in [0.05, 0.1) is 16.9 Å². The molecule has 3 rings (SSSR count). The molecule has 0 radical (unpaired) electrons. The smallest absolute Gasteiger partial charge is 0.205 e. The summed E-state index contributed by atoms with van der Waals surface area (Å²) in [6.07, 6.45) is 6.71. The van der Waals surface area contributed by atoms with Crippen LogP contribution in [0.2, 0.25) is 0 Å². The van der Waals surface area contributed by atoms with Gasteiger partial charge in [-0.15, -0.1) is 0 Å². The van der Waals surface area contributed by atoms with E-state index >= 15 is 0 Å². The van der Waals surface area contributed by atoms with Gasteiger partial charge in [0.1, 0.15) is 0 Å². The number of rotatable bonds is 0. The van der Waals surface area contributed by atoms with E-state index in [2.05, 4.69) is 4.40 Å². The molecule has 0 amide bonds. The van der Waals surface area contributed by atoms with Crippen LogP contribution in [0.5, 0.6) is 0 Å². The van der Waals surface area contributed by atoms with Gasteiger partial charge in [-0.1, -0.05) is 12.2 Å². The van der Waals surface area contributed by atoms with E-state index in [9.17, 15) is 8.42 Å². The molecule has 3 nitrogen and oxygen atoms in total. The Hall–Kier alpha value is -0.900. The Bertz CT molecular complexity index is 455. The molecule has 1 aliphatic heterocycles. The summed E-state index contributed by atoms with van der Waals surface area (Å²) in [5, 5.41) is 0. The van der Waals surface area contributed by atoms with Gasteiger partial charge in [-0.3, -0.25) is 0 Å². The molecule has 0 aromatic rings. The zero-order valence-corrected chi connectivity index (χ0v) is 7.13. The summed E-state index contributed by atoms with van der Waals surface area (Å²) in [6, 6.07) is 0. The summed E-state index contributed by atoms with van der Waals surface area (Å²) in [4.78, 5) is 0. The molecule has 0 aromatic heterocycles. The van der Waals surface area contributed by atoms with Crippen molar-refractivity contribution in [2.24, 2.45) is 9.81 Å². The predicted molar refractivity (Wildman–Crippen MR) is 45.5 cm³/mol. The van der Waals surface area contributed by atoms with Crippen molar-refractivity contribution in [3.63, 3.8) is 0 Å². The molecule has 1 spiro atoms. The summed E-state index contributed by atoms with van der Waals surface area (Å²) in [5.41, 5.74) is 1.71. The molecule has 1 heterocycles. The van der Waals surface area contributed by atoms with Crippen molar-refractivity contribution in [1.82, 2.24) is 0 Å². The first-order valence-corrected chi connectivity index (χ1v) is 5.44. The third kappa shape index (κ3) is 0.617. The summed E-state index contributed by atoms with van der Waals surface area (Å²) in [7, 11) is -3.16. The fourth-order valence-corrected chi connectivity index (χ4v) is 3.74. The summed E-state index contributed by atoms with van der Waals surface area (Å²) in [5.74, 6) is 0.172. The lowest BCUT2D eigenvalue weighted by molar-refractivity contribution is 0.579. The van der Waals surface area contributed by atoms with Crippen molar-refractivity contribution in [3.05, 3.63) is 23.8 Å². The predicted octanol–water partition coefficient (Wildman–Crippen LogP) is 0.657. The number of fused-ring (bicyclic) bond motifs is 1. The van der Waals surface area contributed by atoms with E-state index in [1.165, 1.54) is 5.57 Å². The zero-order valence-electron chi connectivity index (χ0n) is 6.32. The Morgan fingerprint density at radius 2 is 2.33 bits per heavy atom. The minimum atomic E-state index is -3.16. The Morgan fingerprint density at radius 3 is 3.00 bits per heavy atom. The molecule has 62 valence electrons. The van der Waals surface area contributed by atoms with Gasteiger partial charge in [-0.2, -0.15) is 4.40 Å². The Morgan fingerprint density at radius 1 is 1.50 bits per heavy atom. The lowest BCUT2D eigenvalue weighted by atomic mass is 9.88. The lowest BCUT2D eigenvalue weighted by Gasteiger charge is -2.14. The maximum atomic E-state index is 11.2. The van der Waals surface area contributed by atoms with E-state index in [-0.39, 0.29) is 11.2 Å². The number of sulfonamides is 1. The fourth-order valence-electron chi connectivity index (χ4n) is 2.14. The van der Waals surface area contributed by atoms with Crippen molar-refractivity contribution in [2.75, 3.05) is 5.75 Å². The van der Waals surface area contributed by atoms with Crippen molar-refractivity contribution < 1.29 is 8.42 Å². The van der Waals surface area contributed by atoms with Crippen molar-refractivity contribution in [3.8, 4) is 0 Å². The SMILES string of the molecule is O=S1(=O)CC23C=CC(=CC2=N1)C3. The minimum Gasteiger partial charge on any atom is -0.205 e. The molecule has 3 aliphatic rings. The van der Waals surface area contributed by atoms with Gasteiger partial charge in [-0.25, -0.2) is 8.42 Å². The van der Waals surface area contributed by atoms with Crippen LogP contribution in [0.25, 0.3) is 0 Å². The highest BCUT2D eigenvalue weighted by Gasteiger charge is 2.49. The highest BCUT2D eigenvalue weighted by atomic mass is 32.2. The van der Waals surface area contributed by atoms with Crippen molar-refractivity contribution in [1.29, 1.82) is 0 Å². The largest absolute Gasteiger partial charge is 0.254 e. The highest BCUT2D eigenvalue weighted by molar-refractivity contribution is 7.90. The second-order valence-electron chi connectivity index (χ2n) is 3.59. The molecule has 0 fully saturated rings. The van der Waals surface area contributed by atoms with Crippen LogP contribution in [0.1, 0.15) is 6.42 Å². The number of allylic oxidation sites excluding steroid dienone is 4. The van der Waals surface area contributed by atoms with Gasteiger partial charge < -0.3 is 0 Å². The molecule has 0 saturated carbocycles. The minimum absolute atomic E-state index is 0.172. The van der Waals surface area contributed by atoms with Crippen molar-refractivity contribution >= 4 is 15.7 Å². The van der Waals surface area contributed by atoms with Gasteiger partial charge in [0.15, 0.2) is 0 Å². The molecule has 12 heavy (non-hydrogen) atoms. The summed E-state index contributed by atoms with van der Waals surface area (Å²) in [6.45, 7) is 0. The van der Waals surface area contributed by atoms with Crippen LogP contribution in [0, 0.1) is 5.41 Å². The van der Waals surface area contributed by atoms with Crippen molar-refractivity contribution in [2.45, 2.75) is 6.42 Å². The van der Waals surface area contributed by atoms with Gasteiger partial charge in [0.2, 0.25) is 0 Å². The fraction of sp³-hybridized carbons (Fsp3) is 0.375. The van der Waals surface area contributed by atoms with E-state index in [0.29, 0.717) is 0 Å². The van der Waals surface area contributed by atoms with Crippen LogP contribution in [0.3, 0.4) is 0 Å². The zero-order chi connectivity index (χ0) is 8.40. The standard InChI is InChI=1S/C8H7NO2S/c10-12(11)5-8-2-1-6(4-8)3-7(8)9-12/h1-3H,4-5H2. The van der Waals surface area contributed by atoms with Crippen LogP contribution in [-0.2, 0) is 10.0 Å². The van der Waals surface area contributed by atoms with Gasteiger partial charge in [0, 0.05) is 0 Å². The monoisotopic (exact) mass is 181 g/mol. The molecular weight excluding hydrogens is 174 g/mol. The number of hydrogen-bond donors (Lipinski definition) is 0. The molecule has 4 heteroatoms. The molecule has 1 unspecified atom stereocenters. The van der Waals surface area contributed by atoms with E-state index in [1.54, 1.807) is 0 Å². The average molecular weight is 181 g/mol. The molecule has 0 saturated heterocycles. The summed E-state index contributed by atoms with van der Waals surface area (Å²) < 4.78 is 26.1. The number of nitrogens with zero attached hydrogens (tertiary/aromatic N) is 1. The Kier molecular flexibility index (Phi) is 0.862. The van der Waals surface area contributed by atoms with Crippen LogP contribution in [0.15, 0.2) is 28.2 Å². The third-order valence-electron chi connectivity index (χ3n) is 2.65. The molecule has 2 bridgehead atoms. The quantitative estimate of drug-likeness (QED) is 0.551. The first-order valence-electron chi connectivity index (χ1n) is 3.83. The first-order chi connectivity index (χ1) is 5.60. The Balaban J connectivity index is 2.30. The lowest BCUT2D eigenvalue weighted by Crippen LogP contribution is -2.23. The van der Waals surface area contributed by atoms with Gasteiger partial charge in [0.25, 0.3) is 10.0 Å². The number of hydrogen-bond acceptors (Lipinski definition) is 2. The van der Waals surface area contributed by atoms with E-state index in [1.807, 2.05) is 18.2 Å². The summed E-state index contributed by atoms with van der Waals surface area (Å²) >= 11 is 0. The molecular formula is C8H7NO2S. The van der Waals surface area contributed by atoms with Gasteiger partial charge in [-0.05, 0) is 18.1 Å². The Labute approximate surface area is 70.6 Å².